The molecule has 5 heteroatoms. The van der Waals surface area contributed by atoms with Gasteiger partial charge in [-0.25, -0.2) is 9.69 Å². The first-order valence-electron chi connectivity index (χ1n) is 11.3. The SMILES string of the molecule is O=C1NC(c2ccccc2)(c2ccccc2)C(=O)N1C[NH+]1CCC[C@@H]2CCCC[C@@H]21. The molecule has 30 heavy (non-hydrogen) atoms. The third-order valence-electron chi connectivity index (χ3n) is 7.39. The number of fused-ring (bicyclic) bond motifs is 1. The summed E-state index contributed by atoms with van der Waals surface area (Å²) in [5, 5.41) is 3.09. The van der Waals surface area contributed by atoms with E-state index in [4.69, 9.17) is 0 Å². The normalized spacial score (nSPS) is 28.1. The maximum Gasteiger partial charge on any atom is 0.330 e. The Morgan fingerprint density at radius 3 is 2.13 bits per heavy atom. The average molecular weight is 405 g/mol. The summed E-state index contributed by atoms with van der Waals surface area (Å²) in [7, 11) is 0. The number of likely N-dealkylation sites (tertiary alicyclic amines) is 1. The second kappa shape index (κ2) is 7.88. The molecular weight excluding hydrogens is 374 g/mol. The number of nitrogens with zero attached hydrogens (tertiary/aromatic N) is 1. The largest absolute Gasteiger partial charge is 0.330 e. The second-order valence-corrected chi connectivity index (χ2v) is 9.01. The predicted molar refractivity (Wildman–Crippen MR) is 115 cm³/mol. The lowest BCUT2D eigenvalue weighted by molar-refractivity contribution is -0.942. The van der Waals surface area contributed by atoms with Gasteiger partial charge in [0.15, 0.2) is 12.2 Å². The van der Waals surface area contributed by atoms with E-state index in [1.165, 1.54) is 48.3 Å². The van der Waals surface area contributed by atoms with Crippen LogP contribution in [0.15, 0.2) is 60.7 Å². The molecule has 0 aromatic heterocycles. The van der Waals surface area contributed by atoms with Gasteiger partial charge in [-0.2, -0.15) is 0 Å². The van der Waals surface area contributed by atoms with Crippen LogP contribution in [0.25, 0.3) is 0 Å². The van der Waals surface area contributed by atoms with Gasteiger partial charge in [0.1, 0.15) is 0 Å². The highest BCUT2D eigenvalue weighted by atomic mass is 16.2. The van der Waals surface area contributed by atoms with Crippen LogP contribution in [-0.2, 0) is 10.3 Å². The van der Waals surface area contributed by atoms with E-state index in [-0.39, 0.29) is 11.9 Å². The second-order valence-electron chi connectivity index (χ2n) is 9.01. The number of piperidine rings is 1. The lowest BCUT2D eigenvalue weighted by atomic mass is 9.78. The van der Waals surface area contributed by atoms with E-state index in [0.29, 0.717) is 12.7 Å². The van der Waals surface area contributed by atoms with Crippen molar-refractivity contribution in [3.63, 3.8) is 0 Å². The van der Waals surface area contributed by atoms with Gasteiger partial charge in [-0.1, -0.05) is 67.1 Å². The molecule has 2 saturated heterocycles. The van der Waals surface area contributed by atoms with E-state index in [9.17, 15) is 9.59 Å². The van der Waals surface area contributed by atoms with Gasteiger partial charge in [-0.3, -0.25) is 4.79 Å². The first-order valence-corrected chi connectivity index (χ1v) is 11.3. The number of hydrogen-bond donors (Lipinski definition) is 2. The van der Waals surface area contributed by atoms with Gasteiger partial charge in [0.2, 0.25) is 0 Å². The molecule has 5 nitrogen and oxygen atoms in total. The number of quaternary nitrogens is 1. The molecule has 1 unspecified atom stereocenters. The fourth-order valence-corrected chi connectivity index (χ4v) is 5.92. The number of urea groups is 1. The summed E-state index contributed by atoms with van der Waals surface area (Å²) in [4.78, 5) is 30.0. The molecule has 1 aliphatic carbocycles. The summed E-state index contributed by atoms with van der Waals surface area (Å²) in [6.07, 6.45) is 7.58. The van der Waals surface area contributed by atoms with Gasteiger partial charge < -0.3 is 10.2 Å². The Morgan fingerprint density at radius 1 is 0.867 bits per heavy atom. The molecule has 0 spiro atoms. The molecule has 2 aromatic carbocycles. The minimum Gasteiger partial charge on any atom is -0.315 e. The number of nitrogens with one attached hydrogen (secondary N) is 2. The van der Waals surface area contributed by atoms with Crippen molar-refractivity contribution in [3.8, 4) is 0 Å². The molecule has 3 atom stereocenters. The highest BCUT2D eigenvalue weighted by Crippen LogP contribution is 2.36. The Labute approximate surface area is 178 Å². The zero-order valence-electron chi connectivity index (χ0n) is 17.3. The van der Waals surface area contributed by atoms with E-state index in [1.807, 2.05) is 60.7 Å². The smallest absolute Gasteiger partial charge is 0.315 e. The van der Waals surface area contributed by atoms with Crippen molar-refractivity contribution in [3.05, 3.63) is 71.8 Å². The fourth-order valence-electron chi connectivity index (χ4n) is 5.92. The van der Waals surface area contributed by atoms with Gasteiger partial charge in [-0.05, 0) is 43.2 Å². The van der Waals surface area contributed by atoms with Crippen molar-refractivity contribution in [1.29, 1.82) is 0 Å². The van der Waals surface area contributed by atoms with E-state index >= 15 is 0 Å². The van der Waals surface area contributed by atoms with Crippen LogP contribution >= 0.6 is 0 Å². The van der Waals surface area contributed by atoms with Crippen molar-refractivity contribution < 1.29 is 14.5 Å². The molecule has 2 heterocycles. The minimum absolute atomic E-state index is 0.157. The summed E-state index contributed by atoms with van der Waals surface area (Å²) in [5.41, 5.74) is 0.461. The number of rotatable bonds is 4. The zero-order valence-corrected chi connectivity index (χ0v) is 17.3. The third kappa shape index (κ3) is 3.12. The highest BCUT2D eigenvalue weighted by molar-refractivity contribution is 6.09. The summed E-state index contributed by atoms with van der Waals surface area (Å²) in [5.74, 6) is 0.589. The zero-order chi connectivity index (χ0) is 20.6. The van der Waals surface area contributed by atoms with Crippen molar-refractivity contribution in [2.24, 2.45) is 5.92 Å². The molecule has 0 bridgehead atoms. The third-order valence-corrected chi connectivity index (χ3v) is 7.39. The van der Waals surface area contributed by atoms with Crippen molar-refractivity contribution in [2.75, 3.05) is 13.2 Å². The molecule has 2 N–H and O–H groups in total. The molecule has 2 aliphatic heterocycles. The van der Waals surface area contributed by atoms with Crippen molar-refractivity contribution in [2.45, 2.75) is 50.1 Å². The summed E-state index contributed by atoms with van der Waals surface area (Å²) in [6, 6.07) is 19.6. The van der Waals surface area contributed by atoms with E-state index in [1.54, 1.807) is 0 Å². The van der Waals surface area contributed by atoms with E-state index in [2.05, 4.69) is 5.32 Å². The van der Waals surface area contributed by atoms with Gasteiger partial charge in [0.25, 0.3) is 5.91 Å². The van der Waals surface area contributed by atoms with Crippen LogP contribution in [0.2, 0.25) is 0 Å². The lowest BCUT2D eigenvalue weighted by Gasteiger charge is -2.42. The molecule has 2 aromatic rings. The van der Waals surface area contributed by atoms with E-state index < -0.39 is 5.54 Å². The van der Waals surface area contributed by atoms with Gasteiger partial charge in [0.05, 0.1) is 12.6 Å². The maximum atomic E-state index is 13.9. The van der Waals surface area contributed by atoms with Crippen LogP contribution in [0.3, 0.4) is 0 Å². The summed E-state index contributed by atoms with van der Waals surface area (Å²) < 4.78 is 0. The monoisotopic (exact) mass is 404 g/mol. The van der Waals surface area contributed by atoms with Gasteiger partial charge >= 0.3 is 6.03 Å². The number of imide groups is 1. The molecular formula is C25H30N3O2+. The quantitative estimate of drug-likeness (QED) is 0.770. The summed E-state index contributed by atoms with van der Waals surface area (Å²) >= 11 is 0. The fraction of sp³-hybridized carbons (Fsp3) is 0.440. The van der Waals surface area contributed by atoms with Crippen molar-refractivity contribution in [1.82, 2.24) is 10.2 Å². The Kier molecular flexibility index (Phi) is 5.07. The van der Waals surface area contributed by atoms with Crippen LogP contribution in [0.4, 0.5) is 4.79 Å². The van der Waals surface area contributed by atoms with Crippen LogP contribution in [-0.4, -0.2) is 36.1 Å². The molecule has 156 valence electrons. The van der Waals surface area contributed by atoms with Gasteiger partial charge in [-0.15, -0.1) is 0 Å². The van der Waals surface area contributed by atoms with Gasteiger partial charge in [0, 0.05) is 5.92 Å². The molecule has 3 fully saturated rings. The topological polar surface area (TPSA) is 53.9 Å². The maximum absolute atomic E-state index is 13.9. The average Bonchev–Trinajstić information content (AvgIpc) is 3.06. The molecule has 3 aliphatic rings. The Bertz CT molecular complexity index is 873. The predicted octanol–water partition coefficient (Wildman–Crippen LogP) is 2.68. The Morgan fingerprint density at radius 2 is 1.47 bits per heavy atom. The van der Waals surface area contributed by atoms with Crippen LogP contribution < -0.4 is 10.2 Å². The van der Waals surface area contributed by atoms with Crippen LogP contribution in [0, 0.1) is 5.92 Å². The number of carbonyl (C=O) groups excluding carboxylic acids is 2. The Hall–Kier alpha value is -2.66. The number of amides is 3. The summed E-state index contributed by atoms with van der Waals surface area (Å²) in [6.45, 7) is 1.51. The number of benzene rings is 2. The molecule has 1 saturated carbocycles. The molecule has 3 amide bonds. The van der Waals surface area contributed by atoms with Crippen LogP contribution in [0.1, 0.15) is 49.7 Å². The van der Waals surface area contributed by atoms with Crippen molar-refractivity contribution >= 4 is 11.9 Å². The number of hydrogen-bond acceptors (Lipinski definition) is 2. The first kappa shape index (κ1) is 19.3. The Balaban J connectivity index is 1.48. The molecule has 0 radical (unpaired) electrons. The highest BCUT2D eigenvalue weighted by Gasteiger charge is 2.55. The first-order chi connectivity index (χ1) is 14.7. The number of carbonyl (C=O) groups is 2. The van der Waals surface area contributed by atoms with Crippen LogP contribution in [0.5, 0.6) is 0 Å². The van der Waals surface area contributed by atoms with E-state index in [0.717, 1.165) is 23.6 Å². The minimum atomic E-state index is -1.15. The standard InChI is InChI=1S/C25H29N3O2/c29-23-25(20-12-3-1-4-13-20,21-14-5-2-6-15-21)26-24(30)28(23)18-27-17-9-11-19-10-7-8-16-22(19)27/h1-6,12-15,19,22H,7-11,16-18H2,(H,26,30)/p+1/t19-,22-/m0/s1. The lowest BCUT2D eigenvalue weighted by Crippen LogP contribution is -3.19. The molecule has 5 rings (SSSR count).